The van der Waals surface area contributed by atoms with Crippen LogP contribution in [0.1, 0.15) is 27.0 Å². The van der Waals surface area contributed by atoms with E-state index in [1.165, 1.54) is 13.2 Å². The maximum Gasteiger partial charge on any atom is 0.198 e. The van der Waals surface area contributed by atoms with E-state index in [0.717, 1.165) is 11.6 Å². The maximum absolute atomic E-state index is 13.4. The Balaban J connectivity index is 2.57. The average Bonchev–Trinajstić information content (AvgIpc) is 2.42. The van der Waals surface area contributed by atoms with Crippen LogP contribution in [-0.4, -0.2) is 12.9 Å². The van der Waals surface area contributed by atoms with Gasteiger partial charge in [-0.1, -0.05) is 23.2 Å². The van der Waals surface area contributed by atoms with Gasteiger partial charge >= 0.3 is 0 Å². The first-order valence-corrected chi connectivity index (χ1v) is 6.47. The molecule has 2 rings (SSSR count). The number of carbonyl (C=O) groups excluding carboxylic acids is 1. The summed E-state index contributed by atoms with van der Waals surface area (Å²) in [6.07, 6.45) is 0. The third kappa shape index (κ3) is 2.68. The van der Waals surface area contributed by atoms with Gasteiger partial charge in [0.25, 0.3) is 0 Å². The van der Waals surface area contributed by atoms with Crippen LogP contribution in [-0.2, 0) is 0 Å². The van der Waals surface area contributed by atoms with Crippen LogP contribution in [0.25, 0.3) is 0 Å². The summed E-state index contributed by atoms with van der Waals surface area (Å²) in [5.41, 5.74) is 2.00. The third-order valence-corrected chi connectivity index (χ3v) is 3.41. The number of benzene rings is 2. The van der Waals surface area contributed by atoms with E-state index in [2.05, 4.69) is 0 Å². The Bertz CT molecular complexity index is 680. The van der Waals surface area contributed by atoms with E-state index in [0.29, 0.717) is 16.9 Å². The summed E-state index contributed by atoms with van der Waals surface area (Å²) in [6.45, 7) is 3.48. The summed E-state index contributed by atoms with van der Waals surface area (Å²) in [6, 6.07) is 7.93. The molecule has 0 radical (unpaired) electrons. The Hall–Kier alpha value is -1.87. The van der Waals surface area contributed by atoms with Crippen LogP contribution in [0.2, 0.25) is 5.02 Å². The lowest BCUT2D eigenvalue weighted by molar-refractivity contribution is 0.103. The Morgan fingerprint density at radius 2 is 1.85 bits per heavy atom. The minimum absolute atomic E-state index is 0.0988. The first-order chi connectivity index (χ1) is 9.43. The smallest absolute Gasteiger partial charge is 0.198 e. The monoisotopic (exact) mass is 292 g/mol. The number of ketones is 1. The molecule has 0 N–H and O–H groups in total. The molecule has 20 heavy (non-hydrogen) atoms. The third-order valence-electron chi connectivity index (χ3n) is 3.09. The van der Waals surface area contributed by atoms with Crippen LogP contribution in [0.4, 0.5) is 4.39 Å². The second kappa shape index (κ2) is 5.63. The van der Waals surface area contributed by atoms with E-state index in [1.807, 2.05) is 13.0 Å². The average molecular weight is 293 g/mol. The Kier molecular flexibility index (Phi) is 4.09. The van der Waals surface area contributed by atoms with Crippen LogP contribution in [0, 0.1) is 19.7 Å². The van der Waals surface area contributed by atoms with Gasteiger partial charge in [-0.05, 0) is 43.7 Å². The Morgan fingerprint density at radius 3 is 2.50 bits per heavy atom. The minimum Gasteiger partial charge on any atom is -0.496 e. The maximum atomic E-state index is 13.4. The van der Waals surface area contributed by atoms with Crippen LogP contribution in [0.3, 0.4) is 0 Å². The number of ether oxygens (including phenoxy) is 1. The molecule has 2 nitrogen and oxygen atoms in total. The van der Waals surface area contributed by atoms with Gasteiger partial charge < -0.3 is 4.74 Å². The van der Waals surface area contributed by atoms with Crippen molar-refractivity contribution in [2.24, 2.45) is 0 Å². The van der Waals surface area contributed by atoms with Gasteiger partial charge in [0.2, 0.25) is 0 Å². The zero-order chi connectivity index (χ0) is 14.9. The van der Waals surface area contributed by atoms with Crippen LogP contribution in [0.15, 0.2) is 30.3 Å². The van der Waals surface area contributed by atoms with E-state index < -0.39 is 5.82 Å². The van der Waals surface area contributed by atoms with E-state index in [9.17, 15) is 9.18 Å². The molecule has 0 fully saturated rings. The summed E-state index contributed by atoms with van der Waals surface area (Å²) in [5, 5.41) is 0.0988. The molecule has 2 aromatic rings. The molecular weight excluding hydrogens is 279 g/mol. The second-order valence-electron chi connectivity index (χ2n) is 4.61. The standard InChI is InChI=1S/C16H14ClFO2/c1-9-4-5-15(20-3)12(6-9)16(19)11-7-10(2)14(18)8-13(11)17/h4-8H,1-3H3. The van der Waals surface area contributed by atoms with Gasteiger partial charge in [-0.25, -0.2) is 4.39 Å². The van der Waals surface area contributed by atoms with Gasteiger partial charge in [0, 0.05) is 5.56 Å². The van der Waals surface area contributed by atoms with Gasteiger partial charge in [-0.3, -0.25) is 4.79 Å². The molecule has 104 valence electrons. The molecule has 0 heterocycles. The van der Waals surface area contributed by atoms with Crippen molar-refractivity contribution in [2.45, 2.75) is 13.8 Å². The Morgan fingerprint density at radius 1 is 1.15 bits per heavy atom. The van der Waals surface area contributed by atoms with Crippen molar-refractivity contribution in [3.8, 4) is 5.75 Å². The minimum atomic E-state index is -0.428. The van der Waals surface area contributed by atoms with Crippen molar-refractivity contribution >= 4 is 17.4 Å². The number of aryl methyl sites for hydroxylation is 2. The summed E-state index contributed by atoms with van der Waals surface area (Å²) in [7, 11) is 1.50. The molecule has 4 heteroatoms. The summed E-state index contributed by atoms with van der Waals surface area (Å²) in [4.78, 5) is 12.6. The van der Waals surface area contributed by atoms with E-state index >= 15 is 0 Å². The number of methoxy groups -OCH3 is 1. The van der Waals surface area contributed by atoms with Gasteiger partial charge in [0.15, 0.2) is 5.78 Å². The lowest BCUT2D eigenvalue weighted by Crippen LogP contribution is -2.06. The fourth-order valence-corrected chi connectivity index (χ4v) is 2.21. The molecule has 0 spiro atoms. The lowest BCUT2D eigenvalue weighted by Gasteiger charge is -2.10. The number of rotatable bonds is 3. The molecule has 0 saturated carbocycles. The van der Waals surface area contributed by atoms with Crippen molar-refractivity contribution in [3.05, 3.63) is 63.4 Å². The van der Waals surface area contributed by atoms with E-state index in [4.69, 9.17) is 16.3 Å². The molecule has 0 bridgehead atoms. The van der Waals surface area contributed by atoms with E-state index in [-0.39, 0.29) is 16.4 Å². The highest BCUT2D eigenvalue weighted by Gasteiger charge is 2.18. The highest BCUT2D eigenvalue weighted by Crippen LogP contribution is 2.27. The molecule has 0 aromatic heterocycles. The van der Waals surface area contributed by atoms with Crippen LogP contribution in [0.5, 0.6) is 5.75 Å². The molecular formula is C16H14ClFO2. The molecule has 0 aliphatic heterocycles. The fraction of sp³-hybridized carbons (Fsp3) is 0.188. The van der Waals surface area contributed by atoms with Crippen LogP contribution < -0.4 is 4.74 Å². The zero-order valence-electron chi connectivity index (χ0n) is 11.5. The normalized spacial score (nSPS) is 10.4. The predicted octanol–water partition coefficient (Wildman–Crippen LogP) is 4.34. The molecule has 2 aromatic carbocycles. The number of carbonyl (C=O) groups is 1. The van der Waals surface area contributed by atoms with Gasteiger partial charge in [-0.15, -0.1) is 0 Å². The van der Waals surface area contributed by atoms with Crippen molar-refractivity contribution in [1.29, 1.82) is 0 Å². The SMILES string of the molecule is COc1ccc(C)cc1C(=O)c1cc(C)c(F)cc1Cl. The van der Waals surface area contributed by atoms with Crippen molar-refractivity contribution in [1.82, 2.24) is 0 Å². The highest BCUT2D eigenvalue weighted by molar-refractivity contribution is 6.35. The molecule has 0 saturated heterocycles. The fourth-order valence-electron chi connectivity index (χ4n) is 1.98. The van der Waals surface area contributed by atoms with Crippen LogP contribution >= 0.6 is 11.6 Å². The summed E-state index contributed by atoms with van der Waals surface area (Å²) >= 11 is 5.98. The van der Waals surface area contributed by atoms with Gasteiger partial charge in [0.05, 0.1) is 17.7 Å². The molecule has 0 atom stereocenters. The number of halogens is 2. The molecule has 0 aliphatic carbocycles. The van der Waals surface area contributed by atoms with Gasteiger partial charge in [-0.2, -0.15) is 0 Å². The summed E-state index contributed by atoms with van der Waals surface area (Å²) in [5.74, 6) is -0.236. The predicted molar refractivity (Wildman–Crippen MR) is 77.3 cm³/mol. The second-order valence-corrected chi connectivity index (χ2v) is 5.02. The van der Waals surface area contributed by atoms with Crippen molar-refractivity contribution in [2.75, 3.05) is 7.11 Å². The topological polar surface area (TPSA) is 26.3 Å². The number of hydrogen-bond donors (Lipinski definition) is 0. The zero-order valence-corrected chi connectivity index (χ0v) is 12.2. The van der Waals surface area contributed by atoms with Gasteiger partial charge in [0.1, 0.15) is 11.6 Å². The highest BCUT2D eigenvalue weighted by atomic mass is 35.5. The Labute approximate surface area is 122 Å². The number of hydrogen-bond acceptors (Lipinski definition) is 2. The molecule has 0 aliphatic rings. The lowest BCUT2D eigenvalue weighted by atomic mass is 9.99. The molecule has 0 unspecified atom stereocenters. The largest absolute Gasteiger partial charge is 0.496 e. The summed E-state index contributed by atoms with van der Waals surface area (Å²) < 4.78 is 18.6. The quantitative estimate of drug-likeness (QED) is 0.787. The van der Waals surface area contributed by atoms with Crippen molar-refractivity contribution < 1.29 is 13.9 Å². The van der Waals surface area contributed by atoms with Crippen molar-refractivity contribution in [3.63, 3.8) is 0 Å². The first-order valence-electron chi connectivity index (χ1n) is 6.09. The first kappa shape index (κ1) is 14.5. The van der Waals surface area contributed by atoms with E-state index in [1.54, 1.807) is 19.1 Å². The molecule has 0 amide bonds.